The van der Waals surface area contributed by atoms with E-state index in [1.807, 2.05) is 50.3 Å². The largest absolute Gasteiger partial charge is 0.378 e. The fourth-order valence-corrected chi connectivity index (χ4v) is 2.63. The quantitative estimate of drug-likeness (QED) is 0.849. The Morgan fingerprint density at radius 2 is 1.58 bits per heavy atom. The van der Waals surface area contributed by atoms with E-state index in [4.69, 9.17) is 0 Å². The normalized spacial score (nSPS) is 16.0. The summed E-state index contributed by atoms with van der Waals surface area (Å²) in [6, 6.07) is 7.57. The van der Waals surface area contributed by atoms with E-state index in [1.54, 1.807) is 18.7 Å². The third kappa shape index (κ3) is 4.06. The van der Waals surface area contributed by atoms with Crippen LogP contribution < -0.4 is 10.2 Å². The van der Waals surface area contributed by atoms with Crippen molar-refractivity contribution >= 4 is 23.2 Å². The number of hydrogen-bond donors (Lipinski definition) is 1. The van der Waals surface area contributed by atoms with Crippen molar-refractivity contribution in [2.45, 2.75) is 13.8 Å². The van der Waals surface area contributed by atoms with Crippen LogP contribution in [0.2, 0.25) is 0 Å². The summed E-state index contributed by atoms with van der Waals surface area (Å²) in [4.78, 5) is 31.3. The Hall–Kier alpha value is -2.08. The molecule has 0 saturated carbocycles. The molecule has 1 aromatic rings. The Labute approximate surface area is 144 Å². The van der Waals surface area contributed by atoms with Crippen LogP contribution in [0.4, 0.5) is 11.4 Å². The molecule has 2 rings (SSSR count). The number of rotatable bonds is 4. The van der Waals surface area contributed by atoms with Crippen molar-refractivity contribution in [3.63, 3.8) is 0 Å². The van der Waals surface area contributed by atoms with E-state index < -0.39 is 5.41 Å². The minimum absolute atomic E-state index is 0.113. The lowest BCUT2D eigenvalue weighted by Crippen LogP contribution is -2.53. The maximum Gasteiger partial charge on any atom is 0.239 e. The van der Waals surface area contributed by atoms with Crippen molar-refractivity contribution in [2.75, 3.05) is 57.5 Å². The van der Waals surface area contributed by atoms with Gasteiger partial charge in [0.05, 0.1) is 0 Å². The zero-order valence-electron chi connectivity index (χ0n) is 15.3. The number of benzene rings is 1. The fourth-order valence-electron chi connectivity index (χ4n) is 2.63. The Balaban J connectivity index is 2.02. The highest BCUT2D eigenvalue weighted by atomic mass is 16.2. The monoisotopic (exact) mass is 332 g/mol. The average molecular weight is 332 g/mol. The first-order valence-electron chi connectivity index (χ1n) is 8.28. The molecule has 1 aromatic carbocycles. The Bertz CT molecular complexity index is 588. The van der Waals surface area contributed by atoms with Crippen LogP contribution in [0, 0.1) is 5.41 Å². The van der Waals surface area contributed by atoms with Gasteiger partial charge in [0.15, 0.2) is 0 Å². The molecule has 1 aliphatic heterocycles. The number of amides is 2. The number of hydrogen-bond acceptors (Lipinski definition) is 4. The van der Waals surface area contributed by atoms with Gasteiger partial charge < -0.3 is 20.0 Å². The number of nitrogens with one attached hydrogen (secondary N) is 1. The first-order valence-corrected chi connectivity index (χ1v) is 8.28. The van der Waals surface area contributed by atoms with E-state index in [-0.39, 0.29) is 11.8 Å². The van der Waals surface area contributed by atoms with Gasteiger partial charge in [0, 0.05) is 51.6 Å². The molecule has 1 heterocycles. The van der Waals surface area contributed by atoms with Gasteiger partial charge in [-0.1, -0.05) is 0 Å². The van der Waals surface area contributed by atoms with Gasteiger partial charge in [0.25, 0.3) is 0 Å². The molecule has 1 saturated heterocycles. The van der Waals surface area contributed by atoms with Crippen molar-refractivity contribution < 1.29 is 9.59 Å². The first-order chi connectivity index (χ1) is 11.2. The van der Waals surface area contributed by atoms with Crippen molar-refractivity contribution in [2.24, 2.45) is 5.41 Å². The maximum atomic E-state index is 12.7. The molecule has 0 spiro atoms. The van der Waals surface area contributed by atoms with Gasteiger partial charge in [-0.25, -0.2) is 0 Å². The summed E-state index contributed by atoms with van der Waals surface area (Å²) < 4.78 is 0. The molecule has 2 amide bonds. The number of nitrogens with zero attached hydrogens (tertiary/aromatic N) is 3. The summed E-state index contributed by atoms with van der Waals surface area (Å²) in [5, 5.41) is 2.86. The SMILES string of the molecule is CN1CCN(C(=O)C(C)(C)C(=O)Nc2ccc(N(C)C)cc2)CC1. The summed E-state index contributed by atoms with van der Waals surface area (Å²) in [6.07, 6.45) is 0. The van der Waals surface area contributed by atoms with Gasteiger partial charge in [-0.05, 0) is 45.2 Å². The number of carbonyl (C=O) groups is 2. The van der Waals surface area contributed by atoms with Crippen LogP contribution in [0.1, 0.15) is 13.8 Å². The Morgan fingerprint density at radius 1 is 1.04 bits per heavy atom. The predicted octanol–water partition coefficient (Wildman–Crippen LogP) is 1.49. The molecule has 6 heteroatoms. The van der Waals surface area contributed by atoms with E-state index >= 15 is 0 Å². The molecule has 0 aliphatic carbocycles. The van der Waals surface area contributed by atoms with E-state index in [0.717, 1.165) is 18.8 Å². The van der Waals surface area contributed by atoms with Crippen molar-refractivity contribution in [3.8, 4) is 0 Å². The second-order valence-corrected chi connectivity index (χ2v) is 7.12. The highest BCUT2D eigenvalue weighted by molar-refractivity contribution is 6.09. The third-order valence-electron chi connectivity index (χ3n) is 4.53. The standard InChI is InChI=1S/C18H28N4O2/c1-18(2,17(24)22-12-10-21(5)11-13-22)16(23)19-14-6-8-15(9-7-14)20(3)4/h6-9H,10-13H2,1-5H3,(H,19,23). The summed E-state index contributed by atoms with van der Waals surface area (Å²) in [6.45, 7) is 6.41. The lowest BCUT2D eigenvalue weighted by molar-refractivity contribution is -0.147. The molecule has 1 fully saturated rings. The van der Waals surface area contributed by atoms with Crippen LogP contribution in [0.25, 0.3) is 0 Å². The minimum Gasteiger partial charge on any atom is -0.378 e. The second kappa shape index (κ2) is 7.21. The van der Waals surface area contributed by atoms with Gasteiger partial charge in [0.2, 0.25) is 11.8 Å². The molecular weight excluding hydrogens is 304 g/mol. The van der Waals surface area contributed by atoms with Crippen LogP contribution in [0.5, 0.6) is 0 Å². The fraction of sp³-hybridized carbons (Fsp3) is 0.556. The Morgan fingerprint density at radius 3 is 2.08 bits per heavy atom. The molecule has 1 aliphatic rings. The zero-order valence-corrected chi connectivity index (χ0v) is 15.3. The molecule has 0 unspecified atom stereocenters. The summed E-state index contributed by atoms with van der Waals surface area (Å²) in [5.41, 5.74) is 0.668. The number of carbonyl (C=O) groups excluding carboxylic acids is 2. The molecule has 0 aromatic heterocycles. The molecular formula is C18H28N4O2. The number of piperazine rings is 1. The van der Waals surface area contributed by atoms with Crippen molar-refractivity contribution in [3.05, 3.63) is 24.3 Å². The van der Waals surface area contributed by atoms with Gasteiger partial charge >= 0.3 is 0 Å². The molecule has 0 radical (unpaired) electrons. The number of likely N-dealkylation sites (N-methyl/N-ethyl adjacent to an activating group) is 1. The molecule has 1 N–H and O–H groups in total. The highest BCUT2D eigenvalue weighted by Crippen LogP contribution is 2.23. The second-order valence-electron chi connectivity index (χ2n) is 7.12. The van der Waals surface area contributed by atoms with Crippen LogP contribution >= 0.6 is 0 Å². The lowest BCUT2D eigenvalue weighted by Gasteiger charge is -2.36. The average Bonchev–Trinajstić information content (AvgIpc) is 2.55. The van der Waals surface area contributed by atoms with Crippen LogP contribution in [-0.4, -0.2) is 68.9 Å². The van der Waals surface area contributed by atoms with Gasteiger partial charge in [-0.2, -0.15) is 0 Å². The summed E-state index contributed by atoms with van der Waals surface area (Å²) in [7, 11) is 5.97. The predicted molar refractivity (Wildman–Crippen MR) is 97.3 cm³/mol. The Kier molecular flexibility index (Phi) is 5.49. The third-order valence-corrected chi connectivity index (χ3v) is 4.53. The van der Waals surface area contributed by atoms with E-state index in [1.165, 1.54) is 0 Å². The molecule has 24 heavy (non-hydrogen) atoms. The van der Waals surface area contributed by atoms with Crippen LogP contribution in [0.3, 0.4) is 0 Å². The smallest absolute Gasteiger partial charge is 0.239 e. The van der Waals surface area contributed by atoms with Crippen molar-refractivity contribution in [1.82, 2.24) is 9.80 Å². The van der Waals surface area contributed by atoms with E-state index in [0.29, 0.717) is 18.8 Å². The molecule has 132 valence electrons. The topological polar surface area (TPSA) is 55.9 Å². The minimum atomic E-state index is -1.09. The van der Waals surface area contributed by atoms with E-state index in [2.05, 4.69) is 10.2 Å². The van der Waals surface area contributed by atoms with Crippen LogP contribution in [0.15, 0.2) is 24.3 Å². The number of anilines is 2. The van der Waals surface area contributed by atoms with Crippen molar-refractivity contribution in [1.29, 1.82) is 0 Å². The van der Waals surface area contributed by atoms with Gasteiger partial charge in [0.1, 0.15) is 5.41 Å². The van der Waals surface area contributed by atoms with Gasteiger partial charge in [-0.3, -0.25) is 9.59 Å². The zero-order chi connectivity index (χ0) is 17.9. The summed E-state index contributed by atoms with van der Waals surface area (Å²) >= 11 is 0. The molecule has 0 atom stereocenters. The van der Waals surface area contributed by atoms with Crippen LogP contribution in [-0.2, 0) is 9.59 Å². The summed E-state index contributed by atoms with van der Waals surface area (Å²) in [5.74, 6) is -0.387. The van der Waals surface area contributed by atoms with E-state index in [9.17, 15) is 9.59 Å². The molecule has 0 bridgehead atoms. The highest BCUT2D eigenvalue weighted by Gasteiger charge is 2.39. The maximum absolute atomic E-state index is 12.7. The molecule has 6 nitrogen and oxygen atoms in total. The van der Waals surface area contributed by atoms with Gasteiger partial charge in [-0.15, -0.1) is 0 Å². The lowest BCUT2D eigenvalue weighted by atomic mass is 9.89. The first kappa shape index (κ1) is 18.3.